The molecule has 0 radical (unpaired) electrons. The van der Waals surface area contributed by atoms with Gasteiger partial charge in [-0.1, -0.05) is 0 Å². The molecular weight excluding hydrogens is 508 g/mol. The molecular formula is C11H8Br4Fe. The molecule has 16 heavy (non-hydrogen) atoms. The molecule has 0 bridgehead atoms. The summed E-state index contributed by atoms with van der Waals surface area (Å²) in [6.07, 6.45) is 0. The summed E-state index contributed by atoms with van der Waals surface area (Å²) in [6, 6.07) is 0. The van der Waals surface area contributed by atoms with E-state index in [9.17, 15) is 0 Å². The second-order valence-electron chi connectivity index (χ2n) is 10.2. The van der Waals surface area contributed by atoms with Crippen molar-refractivity contribution in [1.29, 1.82) is 0 Å². The molecule has 0 amide bonds. The van der Waals surface area contributed by atoms with E-state index >= 15 is 0 Å². The van der Waals surface area contributed by atoms with Crippen LogP contribution in [0.3, 0.4) is 0 Å². The average Bonchev–Trinajstić information content (AvgIpc) is 3.08. The summed E-state index contributed by atoms with van der Waals surface area (Å²) in [5.41, 5.74) is 0. The van der Waals surface area contributed by atoms with Crippen LogP contribution in [0.1, 0.15) is 0 Å². The zero-order valence-electron chi connectivity index (χ0n) is 7.98. The quantitative estimate of drug-likeness (QED) is 0.279. The Morgan fingerprint density at radius 2 is 1.25 bits per heavy atom. The van der Waals surface area contributed by atoms with Crippen molar-refractivity contribution in [3.63, 3.8) is 0 Å². The Kier molecular flexibility index (Phi) is 0.274. The third-order valence-corrected chi connectivity index (χ3v) is 68.0. The molecule has 1 spiro atoms. The molecule has 8 unspecified atom stereocenters. The molecule has 10 rings (SSSR count). The molecule has 0 aliphatic carbocycles. The topological polar surface area (TPSA) is 0 Å². The van der Waals surface area contributed by atoms with E-state index in [1.807, 2.05) is 0 Å². The van der Waals surface area contributed by atoms with E-state index in [1.165, 1.54) is 38.5 Å². The monoisotopic (exact) mass is 512 g/mol. The maximum atomic E-state index is 4.40. The number of alkyl halides is 4. The van der Waals surface area contributed by atoms with Crippen LogP contribution in [0.5, 0.6) is 0 Å². The van der Waals surface area contributed by atoms with Crippen LogP contribution in [0.4, 0.5) is 0 Å². The van der Waals surface area contributed by atoms with E-state index in [2.05, 4.69) is 63.7 Å². The first kappa shape index (κ1) is 7.45. The molecule has 0 saturated carbocycles. The summed E-state index contributed by atoms with van der Waals surface area (Å²) in [4.78, 5) is 10.6. The molecule has 88 valence electrons. The van der Waals surface area contributed by atoms with Crippen LogP contribution in [0, 0.1) is 0 Å². The van der Waals surface area contributed by atoms with Gasteiger partial charge in [0.2, 0.25) is 0 Å². The van der Waals surface area contributed by atoms with Gasteiger partial charge in [0.1, 0.15) is 0 Å². The van der Waals surface area contributed by atoms with Crippen LogP contribution in [0.25, 0.3) is 0 Å². The van der Waals surface area contributed by atoms with Crippen LogP contribution < -0.4 is 0 Å². The Bertz CT molecular complexity index is 998. The molecule has 10 heterocycles. The van der Waals surface area contributed by atoms with Gasteiger partial charge in [-0.05, 0) is 0 Å². The van der Waals surface area contributed by atoms with Gasteiger partial charge in [-0.2, -0.15) is 0 Å². The zero-order valence-corrected chi connectivity index (χ0v) is 15.4. The fraction of sp³-hybridized carbons (Fsp3) is 1.00. The Hall–Kier alpha value is 2.44. The summed E-state index contributed by atoms with van der Waals surface area (Å²) in [5.74, 6) is 0. The normalized spacial score (nSPS) is 132. The SMILES string of the molecule is BrC(Br)(Br)[C]12[CH]3[CH]4[CH]5[CH]1[Fe]45321678[CH]2[CH]1[CH]6[C]7(Br)[CH]28. The van der Waals surface area contributed by atoms with Gasteiger partial charge in [0, 0.05) is 0 Å². The van der Waals surface area contributed by atoms with Gasteiger partial charge in [-0.15, -0.1) is 0 Å². The van der Waals surface area contributed by atoms with Gasteiger partial charge < -0.3 is 0 Å². The first-order chi connectivity index (χ1) is 7.18. The summed E-state index contributed by atoms with van der Waals surface area (Å²) in [6.45, 7) is -3.08. The van der Waals surface area contributed by atoms with Gasteiger partial charge in [0.25, 0.3) is 0 Å². The van der Waals surface area contributed by atoms with Gasteiger partial charge in [0.05, 0.1) is 0 Å². The Morgan fingerprint density at radius 1 is 0.812 bits per heavy atom. The van der Waals surface area contributed by atoms with Crippen LogP contribution in [-0.2, 0) is 6.51 Å². The van der Waals surface area contributed by atoms with E-state index in [0.29, 0.717) is 0 Å². The average molecular weight is 516 g/mol. The van der Waals surface area contributed by atoms with Gasteiger partial charge in [-0.25, -0.2) is 0 Å². The number of rotatable bonds is 0. The van der Waals surface area contributed by atoms with Crippen molar-refractivity contribution in [3.8, 4) is 0 Å². The minimum absolute atomic E-state index is 0.121. The van der Waals surface area contributed by atoms with Gasteiger partial charge in [-0.3, -0.25) is 0 Å². The predicted octanol–water partition coefficient (Wildman–Crippen LogP) is 5.89. The van der Waals surface area contributed by atoms with E-state index in [1.54, 1.807) is 0 Å². The van der Waals surface area contributed by atoms with E-state index in [-0.39, 0.29) is 2.14 Å². The minimum atomic E-state index is -3.08. The van der Waals surface area contributed by atoms with E-state index in [0.717, 1.165) is 7.54 Å². The second kappa shape index (κ2) is 0.589. The fourth-order valence-corrected chi connectivity index (χ4v) is 116. The molecule has 0 aromatic rings. The molecule has 0 nitrogen and oxygen atoms in total. The summed E-state index contributed by atoms with van der Waals surface area (Å²) < 4.78 is 1.75. The van der Waals surface area contributed by atoms with Crippen molar-refractivity contribution in [2.45, 2.75) is 48.2 Å². The molecule has 0 aromatic carbocycles. The second-order valence-corrected chi connectivity index (χ2v) is 42.1. The molecule has 8 atom stereocenters. The molecule has 10 saturated heterocycles. The number of hydrogen-bond donors (Lipinski definition) is 0. The third-order valence-electron chi connectivity index (χ3n) is 15.1. The van der Waals surface area contributed by atoms with Crippen LogP contribution in [0.2, 0.25) is 42.8 Å². The summed E-state index contributed by atoms with van der Waals surface area (Å²) in [5, 5.41) is 0. The van der Waals surface area contributed by atoms with Crippen molar-refractivity contribution < 1.29 is 6.51 Å². The van der Waals surface area contributed by atoms with Crippen molar-refractivity contribution in [3.05, 3.63) is 0 Å². The first-order valence-corrected chi connectivity index (χ1v) is 15.5. The zero-order chi connectivity index (χ0) is 10.4. The molecule has 0 aromatic heterocycles. The van der Waals surface area contributed by atoms with Crippen molar-refractivity contribution in [1.82, 2.24) is 0 Å². The maximum absolute atomic E-state index is 4.40. The first-order valence-electron chi connectivity index (χ1n) is 6.15. The Balaban J connectivity index is 1.82. The molecule has 10 aliphatic heterocycles. The molecule has 0 N–H and O–H groups in total. The Morgan fingerprint density at radius 3 is 1.31 bits per heavy atom. The summed E-state index contributed by atoms with van der Waals surface area (Å²) >= 11 is 16.5. The van der Waals surface area contributed by atoms with Crippen LogP contribution >= 0.6 is 63.7 Å². The molecule has 10 aliphatic rings. The number of halogens is 4. The van der Waals surface area contributed by atoms with E-state index in [4.69, 9.17) is 0 Å². The molecule has 5 heteroatoms. The van der Waals surface area contributed by atoms with Crippen LogP contribution in [-0.4, -0.2) is 5.37 Å². The van der Waals surface area contributed by atoms with Gasteiger partial charge in [0.15, 0.2) is 0 Å². The standard InChI is InChI=1S/C6H4Br3.C5H4Br.Fe/c7-6(8,9)5-3-1-2-4-5;6-5-3-1-2-4-5;/h1-4H;1-4H;. The van der Waals surface area contributed by atoms with Crippen molar-refractivity contribution >= 4 is 63.7 Å². The third kappa shape index (κ3) is 0.0695. The van der Waals surface area contributed by atoms with Gasteiger partial charge >= 0.3 is 118 Å². The molecule has 10 fully saturated rings. The number of fused-ring (bicyclic) bond motifs is 10. The number of hydrogen-bond acceptors (Lipinski definition) is 0. The van der Waals surface area contributed by atoms with Crippen molar-refractivity contribution in [2.75, 3.05) is 0 Å². The Labute approximate surface area is 117 Å². The van der Waals surface area contributed by atoms with E-state index < -0.39 is 6.51 Å². The van der Waals surface area contributed by atoms with Crippen molar-refractivity contribution in [2.24, 2.45) is 0 Å². The van der Waals surface area contributed by atoms with Crippen LogP contribution in [0.15, 0.2) is 0 Å². The predicted molar refractivity (Wildman–Crippen MR) is 73.9 cm³/mol. The summed E-state index contributed by atoms with van der Waals surface area (Å²) in [7, 11) is 0. The fourth-order valence-electron chi connectivity index (χ4n) is 17.0.